The Hall–Kier alpha value is -0.960. The van der Waals surface area contributed by atoms with Crippen molar-refractivity contribution < 1.29 is 8.42 Å². The van der Waals surface area contributed by atoms with Crippen LogP contribution in [0.2, 0.25) is 0 Å². The van der Waals surface area contributed by atoms with E-state index in [4.69, 9.17) is 5.73 Å². The molecule has 0 saturated carbocycles. The highest BCUT2D eigenvalue weighted by Crippen LogP contribution is 2.22. The maximum atomic E-state index is 12.2. The Labute approximate surface area is 107 Å². The molecule has 2 rings (SSSR count). The Morgan fingerprint density at radius 1 is 1.56 bits per heavy atom. The lowest BCUT2D eigenvalue weighted by molar-refractivity contribution is 0.182. The van der Waals surface area contributed by atoms with Gasteiger partial charge in [-0.2, -0.15) is 5.10 Å². The van der Waals surface area contributed by atoms with Gasteiger partial charge < -0.3 is 10.6 Å². The molecule has 8 heteroatoms. The van der Waals surface area contributed by atoms with Gasteiger partial charge in [0.2, 0.25) is 0 Å². The first kappa shape index (κ1) is 13.5. The number of nitrogens with one attached hydrogen (secondary N) is 2. The van der Waals surface area contributed by atoms with Crippen molar-refractivity contribution in [3.63, 3.8) is 0 Å². The van der Waals surface area contributed by atoms with Crippen LogP contribution in [-0.4, -0.2) is 55.7 Å². The van der Waals surface area contributed by atoms with Gasteiger partial charge in [0.25, 0.3) is 10.0 Å². The second-order valence-corrected chi connectivity index (χ2v) is 6.46. The third-order valence-electron chi connectivity index (χ3n) is 3.45. The molecule has 1 aromatic rings. The lowest BCUT2D eigenvalue weighted by Crippen LogP contribution is -2.58. The number of hydrogen-bond acceptors (Lipinski definition) is 5. The molecule has 0 aliphatic carbocycles. The molecule has 1 aliphatic rings. The predicted octanol–water partition coefficient (Wildman–Crippen LogP) is -0.889. The summed E-state index contributed by atoms with van der Waals surface area (Å²) in [6.07, 6.45) is 2.85. The molecule has 2 heterocycles. The van der Waals surface area contributed by atoms with E-state index in [1.165, 1.54) is 12.3 Å². The number of likely N-dealkylation sites (tertiary alicyclic amines) is 1. The molecule has 1 aromatic heterocycles. The predicted molar refractivity (Wildman–Crippen MR) is 67.4 cm³/mol. The van der Waals surface area contributed by atoms with Crippen molar-refractivity contribution in [2.45, 2.75) is 23.4 Å². The number of piperidine rings is 1. The molecular weight excluding hydrogens is 254 g/mol. The van der Waals surface area contributed by atoms with E-state index in [0.29, 0.717) is 19.4 Å². The molecule has 0 atom stereocenters. The van der Waals surface area contributed by atoms with Gasteiger partial charge in [-0.05, 0) is 39.0 Å². The number of H-pyrrole nitrogens is 1. The van der Waals surface area contributed by atoms with Crippen LogP contribution in [0.3, 0.4) is 0 Å². The fraction of sp³-hybridized carbons (Fsp3) is 0.700. The number of nitrogens with two attached hydrogens (primary N) is 1. The van der Waals surface area contributed by atoms with Crippen LogP contribution in [0.1, 0.15) is 12.8 Å². The van der Waals surface area contributed by atoms with E-state index in [1.807, 2.05) is 7.05 Å². The highest BCUT2D eigenvalue weighted by atomic mass is 32.2. The van der Waals surface area contributed by atoms with E-state index in [1.54, 1.807) is 0 Å². The van der Waals surface area contributed by atoms with Gasteiger partial charge in [-0.25, -0.2) is 13.1 Å². The van der Waals surface area contributed by atoms with Gasteiger partial charge >= 0.3 is 0 Å². The molecule has 0 amide bonds. The Bertz CT molecular complexity index is 476. The average Bonchev–Trinajstić information content (AvgIpc) is 2.87. The van der Waals surface area contributed by atoms with E-state index in [-0.39, 0.29) is 5.03 Å². The third-order valence-corrected chi connectivity index (χ3v) is 4.96. The van der Waals surface area contributed by atoms with E-state index in [0.717, 1.165) is 13.1 Å². The first-order chi connectivity index (χ1) is 8.47. The Balaban J connectivity index is 2.16. The lowest BCUT2D eigenvalue weighted by atomic mass is 9.89. The minimum Gasteiger partial charge on any atom is -0.329 e. The monoisotopic (exact) mass is 273 g/mol. The SMILES string of the molecule is CN1CCC(CN)(NS(=O)(=O)c2ccn[nH]2)CC1. The Morgan fingerprint density at radius 3 is 2.72 bits per heavy atom. The summed E-state index contributed by atoms with van der Waals surface area (Å²) in [7, 11) is -1.55. The summed E-state index contributed by atoms with van der Waals surface area (Å²) in [6.45, 7) is 1.97. The van der Waals surface area contributed by atoms with Gasteiger partial charge in [-0.15, -0.1) is 0 Å². The van der Waals surface area contributed by atoms with Gasteiger partial charge in [-0.3, -0.25) is 5.10 Å². The van der Waals surface area contributed by atoms with Crippen LogP contribution in [0.25, 0.3) is 0 Å². The number of aromatic amines is 1. The largest absolute Gasteiger partial charge is 0.329 e. The molecule has 4 N–H and O–H groups in total. The van der Waals surface area contributed by atoms with Crippen molar-refractivity contribution in [1.82, 2.24) is 19.8 Å². The minimum atomic E-state index is -3.57. The van der Waals surface area contributed by atoms with Crippen LogP contribution in [0, 0.1) is 0 Å². The molecule has 0 radical (unpaired) electrons. The van der Waals surface area contributed by atoms with Gasteiger partial charge in [0.05, 0.1) is 6.20 Å². The molecule has 1 saturated heterocycles. The second-order valence-electron chi connectivity index (χ2n) is 4.81. The maximum Gasteiger partial charge on any atom is 0.258 e. The summed E-state index contributed by atoms with van der Waals surface area (Å²) in [6, 6.07) is 1.43. The molecule has 0 aromatic carbocycles. The van der Waals surface area contributed by atoms with Gasteiger partial charge in [0.15, 0.2) is 5.03 Å². The standard InChI is InChI=1S/C10H19N5O2S/c1-15-6-3-10(8-11,4-7-15)14-18(16,17)9-2-5-12-13-9/h2,5,14H,3-4,6-8,11H2,1H3,(H,12,13). The van der Waals surface area contributed by atoms with E-state index < -0.39 is 15.6 Å². The number of sulfonamides is 1. The normalized spacial score (nSPS) is 21.0. The molecule has 0 spiro atoms. The third kappa shape index (κ3) is 2.72. The molecule has 18 heavy (non-hydrogen) atoms. The van der Waals surface area contributed by atoms with Crippen LogP contribution in [0.5, 0.6) is 0 Å². The van der Waals surface area contributed by atoms with Crippen molar-refractivity contribution >= 4 is 10.0 Å². The number of rotatable bonds is 4. The smallest absolute Gasteiger partial charge is 0.258 e. The van der Waals surface area contributed by atoms with Gasteiger partial charge in [0.1, 0.15) is 0 Å². The zero-order chi connectivity index (χ0) is 13.2. The second kappa shape index (κ2) is 4.96. The van der Waals surface area contributed by atoms with Crippen molar-refractivity contribution in [2.24, 2.45) is 5.73 Å². The molecule has 0 bridgehead atoms. The van der Waals surface area contributed by atoms with Crippen molar-refractivity contribution in [3.05, 3.63) is 12.3 Å². The first-order valence-electron chi connectivity index (χ1n) is 5.89. The fourth-order valence-electron chi connectivity index (χ4n) is 2.13. The Kier molecular flexibility index (Phi) is 3.71. The summed E-state index contributed by atoms with van der Waals surface area (Å²) >= 11 is 0. The van der Waals surface area contributed by atoms with Crippen molar-refractivity contribution in [2.75, 3.05) is 26.7 Å². The highest BCUT2D eigenvalue weighted by molar-refractivity contribution is 7.89. The van der Waals surface area contributed by atoms with Crippen molar-refractivity contribution in [1.29, 1.82) is 0 Å². The van der Waals surface area contributed by atoms with Gasteiger partial charge in [-0.1, -0.05) is 0 Å². The average molecular weight is 273 g/mol. The quantitative estimate of drug-likeness (QED) is 0.660. The van der Waals surface area contributed by atoms with Crippen LogP contribution >= 0.6 is 0 Å². The summed E-state index contributed by atoms with van der Waals surface area (Å²) in [5.74, 6) is 0. The number of aromatic nitrogens is 2. The van der Waals surface area contributed by atoms with E-state index in [9.17, 15) is 8.42 Å². The van der Waals surface area contributed by atoms with Crippen molar-refractivity contribution in [3.8, 4) is 0 Å². The summed E-state index contributed by atoms with van der Waals surface area (Å²) in [5, 5.41) is 6.20. The van der Waals surface area contributed by atoms with Crippen LogP contribution < -0.4 is 10.5 Å². The zero-order valence-corrected chi connectivity index (χ0v) is 11.2. The van der Waals surface area contributed by atoms with E-state index in [2.05, 4.69) is 19.8 Å². The molecule has 1 aliphatic heterocycles. The van der Waals surface area contributed by atoms with Gasteiger partial charge in [0, 0.05) is 12.1 Å². The molecule has 7 nitrogen and oxygen atoms in total. The van der Waals surface area contributed by atoms with Crippen LogP contribution in [0.4, 0.5) is 0 Å². The van der Waals surface area contributed by atoms with Crippen LogP contribution in [-0.2, 0) is 10.0 Å². The molecule has 1 fully saturated rings. The molecule has 0 unspecified atom stereocenters. The summed E-state index contributed by atoms with van der Waals surface area (Å²) in [5.41, 5.74) is 5.23. The van der Waals surface area contributed by atoms with E-state index >= 15 is 0 Å². The first-order valence-corrected chi connectivity index (χ1v) is 7.38. The van der Waals surface area contributed by atoms with Crippen LogP contribution in [0.15, 0.2) is 17.3 Å². The zero-order valence-electron chi connectivity index (χ0n) is 10.4. The maximum absolute atomic E-state index is 12.2. The Morgan fingerprint density at radius 2 is 2.22 bits per heavy atom. The number of nitrogens with zero attached hydrogens (tertiary/aromatic N) is 2. The minimum absolute atomic E-state index is 0.0780. The summed E-state index contributed by atoms with van der Waals surface area (Å²) in [4.78, 5) is 2.17. The fourth-order valence-corrected chi connectivity index (χ4v) is 3.51. The lowest BCUT2D eigenvalue weighted by Gasteiger charge is -2.39. The summed E-state index contributed by atoms with van der Waals surface area (Å²) < 4.78 is 27.0. The number of hydrogen-bond donors (Lipinski definition) is 3. The molecular formula is C10H19N5O2S. The topological polar surface area (TPSA) is 104 Å². The highest BCUT2D eigenvalue weighted by Gasteiger charge is 2.37. The molecule has 102 valence electrons.